The van der Waals surface area contributed by atoms with Crippen molar-refractivity contribution in [2.75, 3.05) is 6.54 Å². The van der Waals surface area contributed by atoms with Gasteiger partial charge in [0, 0.05) is 18.0 Å². The first kappa shape index (κ1) is 13.8. The molecule has 0 bridgehead atoms. The van der Waals surface area contributed by atoms with E-state index in [2.05, 4.69) is 16.2 Å². The minimum Gasteiger partial charge on any atom is -0.341 e. The molecule has 20 heavy (non-hydrogen) atoms. The quantitative estimate of drug-likeness (QED) is 0.830. The average Bonchev–Trinajstić information content (AvgIpc) is 3.00. The third-order valence-electron chi connectivity index (χ3n) is 2.52. The molecule has 2 rings (SSSR count). The predicted molar refractivity (Wildman–Crippen MR) is 72.4 cm³/mol. The number of hydrogen-bond acceptors (Lipinski definition) is 4. The number of benzene rings is 1. The van der Waals surface area contributed by atoms with Gasteiger partial charge >= 0.3 is 0 Å². The average molecular weight is 289 g/mol. The van der Waals surface area contributed by atoms with E-state index in [-0.39, 0.29) is 17.3 Å². The highest BCUT2D eigenvalue weighted by molar-refractivity contribution is 7.90. The number of rotatable bonds is 4. The molecule has 0 aliphatic heterocycles. The van der Waals surface area contributed by atoms with E-state index in [1.165, 1.54) is 43.0 Å². The van der Waals surface area contributed by atoms with Crippen LogP contribution in [0.2, 0.25) is 0 Å². The van der Waals surface area contributed by atoms with Crippen LogP contribution in [0.3, 0.4) is 0 Å². The molecule has 0 aliphatic carbocycles. The van der Waals surface area contributed by atoms with Crippen molar-refractivity contribution in [3.63, 3.8) is 0 Å². The summed E-state index contributed by atoms with van der Waals surface area (Å²) in [4.78, 5) is 15.4. The topological polar surface area (TPSA) is 81.1 Å². The first-order chi connectivity index (χ1) is 9.55. The van der Waals surface area contributed by atoms with Gasteiger partial charge in [-0.05, 0) is 24.3 Å². The van der Waals surface area contributed by atoms with Gasteiger partial charge in [-0.3, -0.25) is 4.79 Å². The summed E-state index contributed by atoms with van der Waals surface area (Å²) in [7, 11) is -3.66. The van der Waals surface area contributed by atoms with Crippen molar-refractivity contribution in [2.45, 2.75) is 4.90 Å². The Balaban J connectivity index is 2.25. The summed E-state index contributed by atoms with van der Waals surface area (Å²) < 4.78 is 25.3. The maximum atomic E-state index is 12.1. The van der Waals surface area contributed by atoms with E-state index in [9.17, 15) is 13.2 Å². The number of aromatic nitrogens is 2. The molecule has 1 aromatic heterocycles. The lowest BCUT2D eigenvalue weighted by atomic mass is 10.2. The fraction of sp³-hybridized carbons (Fsp3) is 0.0769. The first-order valence-electron chi connectivity index (χ1n) is 5.61. The summed E-state index contributed by atoms with van der Waals surface area (Å²) >= 11 is 0. The number of carbonyl (C=O) groups excluding carboxylic acids is 1. The fourth-order valence-electron chi connectivity index (χ4n) is 1.52. The summed E-state index contributed by atoms with van der Waals surface area (Å²) in [6.45, 7) is 0.119. The largest absolute Gasteiger partial charge is 0.341 e. The van der Waals surface area contributed by atoms with Crippen LogP contribution in [-0.4, -0.2) is 29.8 Å². The van der Waals surface area contributed by atoms with E-state index in [0.29, 0.717) is 5.56 Å². The Labute approximate surface area is 116 Å². The van der Waals surface area contributed by atoms with Crippen LogP contribution in [0, 0.1) is 12.3 Å². The van der Waals surface area contributed by atoms with E-state index < -0.39 is 10.0 Å². The molecule has 102 valence electrons. The minimum atomic E-state index is -3.66. The summed E-state index contributed by atoms with van der Waals surface area (Å²) in [5, 5.41) is 2.49. The second kappa shape index (κ2) is 5.59. The highest BCUT2D eigenvalue weighted by atomic mass is 32.2. The van der Waals surface area contributed by atoms with Crippen molar-refractivity contribution >= 4 is 15.9 Å². The summed E-state index contributed by atoms with van der Waals surface area (Å²) in [5.74, 6) is 1.93. The monoisotopic (exact) mass is 289 g/mol. The van der Waals surface area contributed by atoms with Gasteiger partial charge in [0.1, 0.15) is 6.33 Å². The molecule has 2 aromatic rings. The van der Waals surface area contributed by atoms with Crippen molar-refractivity contribution in [1.29, 1.82) is 0 Å². The molecular weight excluding hydrogens is 278 g/mol. The molecule has 0 atom stereocenters. The van der Waals surface area contributed by atoms with Crippen molar-refractivity contribution in [2.24, 2.45) is 0 Å². The molecule has 7 heteroatoms. The zero-order chi connectivity index (χ0) is 14.6. The van der Waals surface area contributed by atoms with Gasteiger partial charge < -0.3 is 5.32 Å². The third-order valence-corrected chi connectivity index (χ3v) is 4.16. The van der Waals surface area contributed by atoms with Gasteiger partial charge in [0.05, 0.1) is 11.4 Å². The number of terminal acetylenes is 1. The van der Waals surface area contributed by atoms with Gasteiger partial charge in [0.2, 0.25) is 0 Å². The van der Waals surface area contributed by atoms with Gasteiger partial charge in [-0.15, -0.1) is 6.42 Å². The summed E-state index contributed by atoms with van der Waals surface area (Å²) in [6.07, 6.45) is 8.95. The van der Waals surface area contributed by atoms with Crippen LogP contribution in [0.25, 0.3) is 0 Å². The SMILES string of the molecule is C#CCNC(=O)c1ccc(S(=O)(=O)n2ccnc2)cc1. The Morgan fingerprint density at radius 3 is 2.60 bits per heavy atom. The molecule has 0 spiro atoms. The molecule has 0 unspecified atom stereocenters. The smallest absolute Gasteiger partial charge is 0.268 e. The minimum absolute atomic E-state index is 0.0731. The van der Waals surface area contributed by atoms with Crippen LogP contribution in [-0.2, 0) is 10.0 Å². The first-order valence-corrected chi connectivity index (χ1v) is 7.05. The standard InChI is InChI=1S/C13H11N3O3S/c1-2-7-15-13(17)11-3-5-12(6-4-11)20(18,19)16-9-8-14-10-16/h1,3-6,8-10H,7H2,(H,15,17). The summed E-state index contributed by atoms with van der Waals surface area (Å²) in [5.41, 5.74) is 0.338. The molecule has 1 N–H and O–H groups in total. The Bertz CT molecular complexity index is 741. The van der Waals surface area contributed by atoms with Crippen molar-refractivity contribution in [3.8, 4) is 12.3 Å². The second-order valence-corrected chi connectivity index (χ2v) is 5.65. The molecule has 0 saturated heterocycles. The predicted octanol–water partition coefficient (Wildman–Crippen LogP) is 0.483. The Kier molecular flexibility index (Phi) is 3.86. The lowest BCUT2D eigenvalue weighted by molar-refractivity contribution is 0.0958. The zero-order valence-electron chi connectivity index (χ0n) is 10.4. The van der Waals surface area contributed by atoms with Gasteiger partial charge in [0.15, 0.2) is 0 Å². The van der Waals surface area contributed by atoms with Gasteiger partial charge in [0.25, 0.3) is 15.9 Å². The van der Waals surface area contributed by atoms with Gasteiger partial charge in [-0.25, -0.2) is 17.4 Å². The van der Waals surface area contributed by atoms with E-state index >= 15 is 0 Å². The number of amides is 1. The van der Waals surface area contributed by atoms with Crippen molar-refractivity contribution < 1.29 is 13.2 Å². The lowest BCUT2D eigenvalue weighted by Gasteiger charge is -2.06. The van der Waals surface area contributed by atoms with Crippen LogP contribution in [0.1, 0.15) is 10.4 Å². The van der Waals surface area contributed by atoms with Crippen molar-refractivity contribution in [1.82, 2.24) is 14.3 Å². The van der Waals surface area contributed by atoms with E-state index in [1.807, 2.05) is 0 Å². The molecule has 1 amide bonds. The molecule has 0 radical (unpaired) electrons. The van der Waals surface area contributed by atoms with Crippen LogP contribution in [0.15, 0.2) is 47.9 Å². The normalized spacial score (nSPS) is 10.8. The molecule has 6 nitrogen and oxygen atoms in total. The maximum absolute atomic E-state index is 12.1. The van der Waals surface area contributed by atoms with Crippen LogP contribution in [0.5, 0.6) is 0 Å². The molecular formula is C13H11N3O3S. The Morgan fingerprint density at radius 2 is 2.05 bits per heavy atom. The third kappa shape index (κ3) is 2.70. The van der Waals surface area contributed by atoms with E-state index in [0.717, 1.165) is 3.97 Å². The Morgan fingerprint density at radius 1 is 1.35 bits per heavy atom. The number of nitrogens with zero attached hydrogens (tertiary/aromatic N) is 2. The molecule has 0 saturated carbocycles. The molecule has 1 heterocycles. The number of nitrogens with one attached hydrogen (secondary N) is 1. The Hall–Kier alpha value is -2.59. The van der Waals surface area contributed by atoms with Crippen LogP contribution >= 0.6 is 0 Å². The van der Waals surface area contributed by atoms with Crippen LogP contribution < -0.4 is 5.32 Å². The molecule has 0 aliphatic rings. The molecule has 0 fully saturated rings. The zero-order valence-corrected chi connectivity index (χ0v) is 11.2. The lowest BCUT2D eigenvalue weighted by Crippen LogP contribution is -2.23. The fourth-order valence-corrected chi connectivity index (χ4v) is 2.64. The van der Waals surface area contributed by atoms with Gasteiger partial charge in [-0.2, -0.15) is 0 Å². The van der Waals surface area contributed by atoms with Crippen molar-refractivity contribution in [3.05, 3.63) is 48.5 Å². The van der Waals surface area contributed by atoms with Gasteiger partial charge in [-0.1, -0.05) is 5.92 Å². The second-order valence-electron chi connectivity index (χ2n) is 3.81. The highest BCUT2D eigenvalue weighted by Gasteiger charge is 2.16. The van der Waals surface area contributed by atoms with Crippen LogP contribution in [0.4, 0.5) is 0 Å². The van der Waals surface area contributed by atoms with E-state index in [4.69, 9.17) is 6.42 Å². The summed E-state index contributed by atoms with van der Waals surface area (Å²) in [6, 6.07) is 5.57. The number of hydrogen-bond donors (Lipinski definition) is 1. The molecule has 1 aromatic carbocycles. The maximum Gasteiger partial charge on any atom is 0.268 e. The van der Waals surface area contributed by atoms with E-state index in [1.54, 1.807) is 0 Å². The number of imidazole rings is 1. The number of carbonyl (C=O) groups is 1. The highest BCUT2D eigenvalue weighted by Crippen LogP contribution is 2.14.